The Bertz CT molecular complexity index is 773. The summed E-state index contributed by atoms with van der Waals surface area (Å²) < 4.78 is 0. The Morgan fingerprint density at radius 2 is 1.19 bits per heavy atom. The maximum absolute atomic E-state index is 9.00. The van der Waals surface area contributed by atoms with Gasteiger partial charge in [0.15, 0.2) is 0 Å². The van der Waals surface area contributed by atoms with Crippen LogP contribution < -0.4 is 0 Å². The van der Waals surface area contributed by atoms with Gasteiger partial charge in [0, 0.05) is 18.0 Å². The van der Waals surface area contributed by atoms with Crippen molar-refractivity contribution in [1.29, 1.82) is 0 Å². The molecule has 0 spiro atoms. The predicted octanol–water partition coefficient (Wildman–Crippen LogP) is 6.09. The van der Waals surface area contributed by atoms with Crippen molar-refractivity contribution in [2.45, 2.75) is 31.3 Å². The lowest BCUT2D eigenvalue weighted by molar-refractivity contribution is -0.134. The Labute approximate surface area is 164 Å². The van der Waals surface area contributed by atoms with Gasteiger partial charge >= 0.3 is 0 Å². The minimum Gasteiger partial charge on any atom is -0.481 e. The highest BCUT2D eigenvalue weighted by Crippen LogP contribution is 2.51. The van der Waals surface area contributed by atoms with Crippen LogP contribution in [0.5, 0.6) is 0 Å². The van der Waals surface area contributed by atoms with E-state index in [-0.39, 0.29) is 5.16 Å². The van der Waals surface area contributed by atoms with Gasteiger partial charge in [-0.1, -0.05) is 97.9 Å². The number of carboxylic acid groups (broad SMARTS) is 1. The van der Waals surface area contributed by atoms with Gasteiger partial charge in [0.1, 0.15) is 0 Å². The minimum atomic E-state index is -0.833. The summed E-state index contributed by atoms with van der Waals surface area (Å²) in [6.07, 6.45) is 1.08. The smallest absolute Gasteiger partial charge is 0.300 e. The molecule has 0 saturated heterocycles. The highest BCUT2D eigenvalue weighted by Gasteiger charge is 2.37. The summed E-state index contributed by atoms with van der Waals surface area (Å²) in [6.45, 7) is 3.36. The zero-order valence-corrected chi connectivity index (χ0v) is 17.0. The zero-order chi connectivity index (χ0) is 19.7. The Hall–Kier alpha value is -2.44. The van der Waals surface area contributed by atoms with Gasteiger partial charge < -0.3 is 5.11 Å². The van der Waals surface area contributed by atoms with Crippen molar-refractivity contribution in [2.24, 2.45) is 0 Å². The quantitative estimate of drug-likeness (QED) is 0.546. The van der Waals surface area contributed by atoms with Crippen LogP contribution in [0.25, 0.3) is 0 Å². The molecule has 0 amide bonds. The molecule has 0 aliphatic carbocycles. The van der Waals surface area contributed by atoms with Crippen molar-refractivity contribution < 1.29 is 9.90 Å². The molecule has 3 aromatic rings. The Morgan fingerprint density at radius 1 is 0.852 bits per heavy atom. The maximum Gasteiger partial charge on any atom is 0.300 e. The molecule has 0 radical (unpaired) electrons. The third kappa shape index (κ3) is 5.28. The Balaban J connectivity index is 0.000000596. The Morgan fingerprint density at radius 3 is 1.52 bits per heavy atom. The summed E-state index contributed by atoms with van der Waals surface area (Å²) in [5.41, 5.74) is 4.07. The van der Waals surface area contributed by atoms with E-state index in [1.54, 1.807) is 0 Å². The number of benzene rings is 3. The zero-order valence-electron chi connectivity index (χ0n) is 15.9. The molecule has 3 rings (SSSR count). The van der Waals surface area contributed by atoms with E-state index in [9.17, 15) is 0 Å². The second-order valence-electron chi connectivity index (χ2n) is 6.49. The van der Waals surface area contributed by atoms with E-state index >= 15 is 0 Å². The molecule has 1 N–H and O–H groups in total. The number of carbonyl (C=O) groups is 1. The van der Waals surface area contributed by atoms with Gasteiger partial charge in [-0.2, -0.15) is 0 Å². The average molecular weight is 378 g/mol. The predicted molar refractivity (Wildman–Crippen MR) is 116 cm³/mol. The molecule has 3 heteroatoms. The summed E-state index contributed by atoms with van der Waals surface area (Å²) in [7, 11) is 3.18. The van der Waals surface area contributed by atoms with E-state index in [2.05, 4.69) is 107 Å². The minimum absolute atomic E-state index is 0.126. The van der Waals surface area contributed by atoms with Gasteiger partial charge in [-0.15, -0.1) is 9.24 Å². The van der Waals surface area contributed by atoms with Crippen LogP contribution in [0.2, 0.25) is 0 Å². The standard InChI is InChI=1S/C22H23P.C2H4O2/c1-2-21(18-12-6-3-7-13-18)22(23,19-14-8-4-9-15-19)20-16-10-5-11-17-20;1-2(3)4/h3-17,21H,2,23H2,1H3;1H3,(H,3,4). The average Bonchev–Trinajstić information content (AvgIpc) is 2.70. The van der Waals surface area contributed by atoms with Crippen molar-refractivity contribution in [3.05, 3.63) is 108 Å². The first-order valence-electron chi connectivity index (χ1n) is 9.14. The third-order valence-corrected chi connectivity index (χ3v) is 5.73. The molecule has 2 unspecified atom stereocenters. The van der Waals surface area contributed by atoms with Gasteiger partial charge in [-0.3, -0.25) is 4.79 Å². The molecule has 0 aliphatic rings. The summed E-state index contributed by atoms with van der Waals surface area (Å²) in [4.78, 5) is 9.00. The van der Waals surface area contributed by atoms with Crippen LogP contribution in [0.4, 0.5) is 0 Å². The fourth-order valence-electron chi connectivity index (χ4n) is 3.50. The molecule has 0 saturated carbocycles. The normalized spacial score (nSPS) is 11.8. The van der Waals surface area contributed by atoms with Crippen molar-refractivity contribution >= 4 is 15.2 Å². The van der Waals surface area contributed by atoms with Gasteiger partial charge in [0.2, 0.25) is 0 Å². The van der Waals surface area contributed by atoms with Gasteiger partial charge in [-0.05, 0) is 23.1 Å². The van der Waals surface area contributed by atoms with Crippen LogP contribution in [0.1, 0.15) is 42.9 Å². The molecule has 0 aromatic heterocycles. The first-order chi connectivity index (χ1) is 13.0. The fraction of sp³-hybridized carbons (Fsp3) is 0.208. The van der Waals surface area contributed by atoms with Gasteiger partial charge in [0.25, 0.3) is 5.97 Å². The van der Waals surface area contributed by atoms with Crippen molar-refractivity contribution in [1.82, 2.24) is 0 Å². The molecule has 140 valence electrons. The summed E-state index contributed by atoms with van der Waals surface area (Å²) in [5.74, 6) is -0.432. The number of hydrogen-bond acceptors (Lipinski definition) is 1. The van der Waals surface area contributed by atoms with E-state index in [4.69, 9.17) is 9.90 Å². The Kier molecular flexibility index (Phi) is 7.76. The van der Waals surface area contributed by atoms with Crippen molar-refractivity contribution in [2.75, 3.05) is 0 Å². The molecule has 3 aromatic carbocycles. The number of carboxylic acids is 1. The monoisotopic (exact) mass is 378 g/mol. The summed E-state index contributed by atoms with van der Waals surface area (Å²) in [5, 5.41) is 7.29. The summed E-state index contributed by atoms with van der Waals surface area (Å²) >= 11 is 0. The van der Waals surface area contributed by atoms with E-state index in [0.717, 1.165) is 13.3 Å². The van der Waals surface area contributed by atoms with E-state index < -0.39 is 5.97 Å². The lowest BCUT2D eigenvalue weighted by atomic mass is 9.75. The van der Waals surface area contributed by atoms with E-state index in [1.165, 1.54) is 16.7 Å². The number of aliphatic carboxylic acids is 1. The molecule has 0 aliphatic heterocycles. The van der Waals surface area contributed by atoms with Crippen LogP contribution in [0, 0.1) is 0 Å². The maximum atomic E-state index is 9.00. The van der Waals surface area contributed by atoms with Crippen LogP contribution >= 0.6 is 9.24 Å². The lowest BCUT2D eigenvalue weighted by Crippen LogP contribution is -2.28. The van der Waals surface area contributed by atoms with Crippen molar-refractivity contribution in [3.63, 3.8) is 0 Å². The largest absolute Gasteiger partial charge is 0.481 e. The first kappa shape index (κ1) is 20.9. The highest BCUT2D eigenvalue weighted by atomic mass is 31.0. The van der Waals surface area contributed by atoms with Crippen molar-refractivity contribution in [3.8, 4) is 0 Å². The second kappa shape index (κ2) is 10.0. The van der Waals surface area contributed by atoms with Crippen LogP contribution in [0.15, 0.2) is 91.0 Å². The van der Waals surface area contributed by atoms with Crippen LogP contribution in [0.3, 0.4) is 0 Å². The van der Waals surface area contributed by atoms with Gasteiger partial charge in [-0.25, -0.2) is 0 Å². The molecule has 0 bridgehead atoms. The van der Waals surface area contributed by atoms with Gasteiger partial charge in [0.05, 0.1) is 0 Å². The molecule has 27 heavy (non-hydrogen) atoms. The fourth-order valence-corrected chi connectivity index (χ4v) is 4.32. The molecule has 0 fully saturated rings. The molecule has 0 heterocycles. The second-order valence-corrected chi connectivity index (χ2v) is 7.40. The van der Waals surface area contributed by atoms with E-state index in [1.807, 2.05) is 0 Å². The van der Waals surface area contributed by atoms with Crippen LogP contribution in [-0.4, -0.2) is 11.1 Å². The number of hydrogen-bond donors (Lipinski definition) is 1. The SMILES string of the molecule is CC(=O)O.CCC(c1ccccc1)C(P)(c1ccccc1)c1ccccc1. The topological polar surface area (TPSA) is 37.3 Å². The molecular weight excluding hydrogens is 351 g/mol. The third-order valence-electron chi connectivity index (χ3n) is 4.66. The van der Waals surface area contributed by atoms with Crippen LogP contribution in [-0.2, 0) is 9.95 Å². The first-order valence-corrected chi connectivity index (χ1v) is 9.72. The molecular formula is C24H27O2P. The molecule has 2 nitrogen and oxygen atoms in total. The molecule has 2 atom stereocenters. The highest BCUT2D eigenvalue weighted by molar-refractivity contribution is 7.19. The number of rotatable bonds is 5. The lowest BCUT2D eigenvalue weighted by Gasteiger charge is -2.39. The summed E-state index contributed by atoms with van der Waals surface area (Å²) in [6, 6.07) is 32.5. The van der Waals surface area contributed by atoms with E-state index in [0.29, 0.717) is 5.92 Å².